The summed E-state index contributed by atoms with van der Waals surface area (Å²) in [5.74, 6) is 1.01. The molecule has 0 amide bonds. The van der Waals surface area contributed by atoms with E-state index in [0.717, 1.165) is 28.5 Å². The van der Waals surface area contributed by atoms with Crippen molar-refractivity contribution in [3.05, 3.63) is 70.8 Å². The van der Waals surface area contributed by atoms with Crippen molar-refractivity contribution in [3.63, 3.8) is 0 Å². The molecule has 0 spiro atoms. The van der Waals surface area contributed by atoms with Gasteiger partial charge in [0.2, 0.25) is 10.0 Å². The van der Waals surface area contributed by atoms with Gasteiger partial charge in [-0.25, -0.2) is 8.42 Å². The maximum Gasteiger partial charge on any atom is 0.308 e. The predicted molar refractivity (Wildman–Crippen MR) is 146 cm³/mol. The molecule has 3 aromatic rings. The highest BCUT2D eigenvalue weighted by atomic mass is 32.2. The maximum atomic E-state index is 13.2. The van der Waals surface area contributed by atoms with E-state index in [1.54, 1.807) is 19.1 Å². The molecule has 200 valence electrons. The second-order valence-corrected chi connectivity index (χ2v) is 11.7. The third-order valence-electron chi connectivity index (χ3n) is 6.51. The number of esters is 1. The van der Waals surface area contributed by atoms with Crippen LogP contribution in [0.2, 0.25) is 0 Å². The van der Waals surface area contributed by atoms with Crippen LogP contribution < -0.4 is 18.9 Å². The second-order valence-electron chi connectivity index (χ2n) is 9.92. The first-order valence-electron chi connectivity index (χ1n) is 12.1. The zero-order valence-electron chi connectivity index (χ0n) is 22.3. The molecule has 0 saturated carbocycles. The maximum absolute atomic E-state index is 13.2. The summed E-state index contributed by atoms with van der Waals surface area (Å²) in [7, 11) is -3.33. The molecule has 1 heterocycles. The highest BCUT2D eigenvalue weighted by Crippen LogP contribution is 2.44. The number of sulfonamides is 1. The molecule has 1 N–H and O–H groups in total. The van der Waals surface area contributed by atoms with E-state index in [9.17, 15) is 18.0 Å². The lowest BCUT2D eigenvalue weighted by atomic mass is 9.86. The summed E-state index contributed by atoms with van der Waals surface area (Å²) in [5.41, 5.74) is 4.04. The van der Waals surface area contributed by atoms with Gasteiger partial charge in [-0.1, -0.05) is 24.3 Å². The summed E-state index contributed by atoms with van der Waals surface area (Å²) in [6.45, 7) is 8.80. The minimum absolute atomic E-state index is 0.0875. The van der Waals surface area contributed by atoms with Crippen molar-refractivity contribution in [3.8, 4) is 28.4 Å². The molecular formula is C29H31NO7S. The Morgan fingerprint density at radius 1 is 0.974 bits per heavy atom. The molecule has 1 unspecified atom stereocenters. The van der Waals surface area contributed by atoms with Gasteiger partial charge >= 0.3 is 5.97 Å². The van der Waals surface area contributed by atoms with Crippen LogP contribution in [0.4, 0.5) is 5.69 Å². The van der Waals surface area contributed by atoms with E-state index in [2.05, 4.69) is 4.72 Å². The predicted octanol–water partition coefficient (Wildman–Crippen LogP) is 5.38. The fourth-order valence-corrected chi connectivity index (χ4v) is 5.13. The average molecular weight is 538 g/mol. The van der Waals surface area contributed by atoms with Crippen LogP contribution in [0.15, 0.2) is 48.5 Å². The first-order chi connectivity index (χ1) is 17.8. The Hall–Kier alpha value is -3.85. The number of ether oxygens (including phenoxy) is 3. The molecular weight excluding hydrogens is 506 g/mol. The Bertz CT molecular complexity index is 1510. The molecule has 38 heavy (non-hydrogen) atoms. The number of nitrogens with one attached hydrogen (secondary N) is 1. The van der Waals surface area contributed by atoms with E-state index in [-0.39, 0.29) is 18.8 Å². The highest BCUT2D eigenvalue weighted by Gasteiger charge is 2.40. The largest absolute Gasteiger partial charge is 0.489 e. The lowest BCUT2D eigenvalue weighted by molar-refractivity contribution is -0.132. The van der Waals surface area contributed by atoms with Crippen LogP contribution in [-0.4, -0.2) is 38.6 Å². The fraction of sp³-hybridized carbons (Fsp3) is 0.310. The third kappa shape index (κ3) is 5.83. The molecule has 1 aliphatic rings. The number of benzene rings is 3. The Morgan fingerprint density at radius 2 is 1.55 bits per heavy atom. The van der Waals surface area contributed by atoms with Gasteiger partial charge in [0.05, 0.1) is 18.2 Å². The Labute approximate surface area is 223 Å². The molecule has 0 radical (unpaired) electrons. The average Bonchev–Trinajstić information content (AvgIpc) is 2.83. The number of fused-ring (bicyclic) bond motifs is 1. The summed E-state index contributed by atoms with van der Waals surface area (Å²) in [6.07, 6.45) is 1.23. The summed E-state index contributed by atoms with van der Waals surface area (Å²) >= 11 is 0. The number of Topliss-reactive ketones (excluding diaryl/α,β-unsaturated/α-hetero) is 1. The van der Waals surface area contributed by atoms with Crippen molar-refractivity contribution < 1.29 is 32.2 Å². The first kappa shape index (κ1) is 27.2. The van der Waals surface area contributed by atoms with Crippen LogP contribution >= 0.6 is 0 Å². The number of anilines is 1. The standard InChI is InChI=1S/C29H31NO7S/c1-17-18(2)28-26(19(3)27(17)36-20(4)31)25(32)15-29(5,37-28)16-35-24-13-9-22(10-14-24)21-7-11-23(12-8-21)30-38(6,33)34/h7-14,30H,15-16H2,1-6H3. The van der Waals surface area contributed by atoms with Gasteiger partial charge in [0.15, 0.2) is 5.78 Å². The molecule has 9 heteroatoms. The SMILES string of the molecule is CC(=O)Oc1c(C)c(C)c2c(c1C)C(=O)CC(C)(COc1ccc(-c3ccc(NS(C)(=O)=O)cc3)cc1)O2. The van der Waals surface area contributed by atoms with Gasteiger partial charge in [-0.05, 0) is 74.2 Å². The number of carbonyl (C=O) groups is 2. The van der Waals surface area contributed by atoms with E-state index in [1.165, 1.54) is 6.92 Å². The minimum atomic E-state index is -3.33. The molecule has 0 aromatic heterocycles. The Morgan fingerprint density at radius 3 is 2.11 bits per heavy atom. The van der Waals surface area contributed by atoms with Gasteiger partial charge in [-0.15, -0.1) is 0 Å². The molecule has 0 bridgehead atoms. The molecule has 3 aromatic carbocycles. The number of hydrogen-bond donors (Lipinski definition) is 1. The van der Waals surface area contributed by atoms with E-state index in [4.69, 9.17) is 14.2 Å². The van der Waals surface area contributed by atoms with Crippen molar-refractivity contribution in [2.45, 2.75) is 46.6 Å². The molecule has 0 fully saturated rings. The number of ketones is 1. The molecule has 8 nitrogen and oxygen atoms in total. The monoisotopic (exact) mass is 537 g/mol. The van der Waals surface area contributed by atoms with Crippen molar-refractivity contribution >= 4 is 27.5 Å². The first-order valence-corrected chi connectivity index (χ1v) is 14.0. The van der Waals surface area contributed by atoms with Gasteiger partial charge in [0, 0.05) is 18.2 Å². The van der Waals surface area contributed by atoms with E-state index in [0.29, 0.717) is 34.1 Å². The topological polar surface area (TPSA) is 108 Å². The van der Waals surface area contributed by atoms with Gasteiger partial charge in [0.1, 0.15) is 29.5 Å². The summed E-state index contributed by atoms with van der Waals surface area (Å²) < 4.78 is 43.0. The van der Waals surface area contributed by atoms with Crippen molar-refractivity contribution in [2.75, 3.05) is 17.6 Å². The van der Waals surface area contributed by atoms with Gasteiger partial charge in [0.25, 0.3) is 0 Å². The van der Waals surface area contributed by atoms with Crippen LogP contribution in [-0.2, 0) is 14.8 Å². The highest BCUT2D eigenvalue weighted by molar-refractivity contribution is 7.92. The van der Waals surface area contributed by atoms with E-state index in [1.807, 2.05) is 57.2 Å². The lowest BCUT2D eigenvalue weighted by Gasteiger charge is -2.36. The zero-order chi connectivity index (χ0) is 27.8. The molecule has 0 aliphatic carbocycles. The smallest absolute Gasteiger partial charge is 0.308 e. The molecule has 0 saturated heterocycles. The van der Waals surface area contributed by atoms with E-state index >= 15 is 0 Å². The third-order valence-corrected chi connectivity index (χ3v) is 7.12. The van der Waals surface area contributed by atoms with Gasteiger partial charge < -0.3 is 14.2 Å². The quantitative estimate of drug-likeness (QED) is 0.318. The molecule has 1 aliphatic heterocycles. The van der Waals surface area contributed by atoms with Crippen LogP contribution in [0.5, 0.6) is 17.2 Å². The number of hydrogen-bond acceptors (Lipinski definition) is 7. The zero-order valence-corrected chi connectivity index (χ0v) is 23.1. The van der Waals surface area contributed by atoms with Crippen LogP contribution in [0.1, 0.15) is 47.3 Å². The normalized spacial score (nSPS) is 16.8. The fourth-order valence-electron chi connectivity index (χ4n) is 4.57. The van der Waals surface area contributed by atoms with Crippen LogP contribution in [0.25, 0.3) is 11.1 Å². The van der Waals surface area contributed by atoms with Crippen molar-refractivity contribution in [1.82, 2.24) is 0 Å². The van der Waals surface area contributed by atoms with Gasteiger partial charge in [-0.2, -0.15) is 0 Å². The molecule has 1 atom stereocenters. The molecule has 4 rings (SSSR count). The second kappa shape index (κ2) is 10.1. The summed E-state index contributed by atoms with van der Waals surface area (Å²) in [5, 5.41) is 0. The summed E-state index contributed by atoms with van der Waals surface area (Å²) in [4.78, 5) is 24.8. The number of rotatable bonds is 7. The van der Waals surface area contributed by atoms with E-state index < -0.39 is 21.6 Å². The minimum Gasteiger partial charge on any atom is -0.489 e. The van der Waals surface area contributed by atoms with Crippen LogP contribution in [0.3, 0.4) is 0 Å². The Balaban J connectivity index is 1.48. The summed E-state index contributed by atoms with van der Waals surface area (Å²) in [6, 6.07) is 14.6. The lowest BCUT2D eigenvalue weighted by Crippen LogP contribution is -2.45. The Kier molecular flexibility index (Phi) is 7.25. The van der Waals surface area contributed by atoms with Crippen molar-refractivity contribution in [2.24, 2.45) is 0 Å². The van der Waals surface area contributed by atoms with Crippen molar-refractivity contribution in [1.29, 1.82) is 0 Å². The van der Waals surface area contributed by atoms with Crippen LogP contribution in [0, 0.1) is 20.8 Å². The number of carbonyl (C=O) groups excluding carboxylic acids is 2. The van der Waals surface area contributed by atoms with Gasteiger partial charge in [-0.3, -0.25) is 14.3 Å².